The Morgan fingerprint density at radius 3 is 2.56 bits per heavy atom. The van der Waals surface area contributed by atoms with E-state index in [1.807, 2.05) is 0 Å². The van der Waals surface area contributed by atoms with Crippen molar-refractivity contribution >= 4 is 45.0 Å². The predicted octanol–water partition coefficient (Wildman–Crippen LogP) is 1.94. The molecule has 0 unspecified atom stereocenters. The van der Waals surface area contributed by atoms with Crippen molar-refractivity contribution in [2.45, 2.75) is 29.8 Å². The van der Waals surface area contributed by atoms with Crippen LogP contribution in [0, 0.1) is 11.6 Å². The van der Waals surface area contributed by atoms with Crippen molar-refractivity contribution in [3.8, 4) is 0 Å². The Morgan fingerprint density at radius 1 is 1.09 bits per heavy atom. The number of ketones is 1. The minimum atomic E-state index is -4.10. The number of aromatic nitrogens is 2. The zero-order valence-corrected chi connectivity index (χ0v) is 24.1. The molecule has 0 saturated carbocycles. The second-order valence-electron chi connectivity index (χ2n) is 10.2. The average molecular weight is 633 g/mol. The lowest BCUT2D eigenvalue weighted by molar-refractivity contribution is 0.0666. The SMILES string of the molecule is Nc1nc(N)c(C(=O)/C=C2\NCC3(CCN(C(=O)c4cccc(S(=O)(=O)NCc5ccc(F)cc5F)c4)CC3)N2)nc1Cl. The van der Waals surface area contributed by atoms with Crippen LogP contribution >= 0.6 is 11.6 Å². The van der Waals surface area contributed by atoms with E-state index in [9.17, 15) is 26.8 Å². The molecule has 0 radical (unpaired) electrons. The van der Waals surface area contributed by atoms with Crippen molar-refractivity contribution < 1.29 is 26.8 Å². The molecule has 2 aliphatic heterocycles. The first-order valence-corrected chi connectivity index (χ1v) is 14.9. The van der Waals surface area contributed by atoms with E-state index >= 15 is 0 Å². The second-order valence-corrected chi connectivity index (χ2v) is 12.3. The lowest BCUT2D eigenvalue weighted by Crippen LogP contribution is -2.53. The molecule has 2 aromatic carbocycles. The molecular formula is C27H27ClF2N8O4S. The summed E-state index contributed by atoms with van der Waals surface area (Å²) in [6, 6.07) is 8.41. The highest BCUT2D eigenvalue weighted by Crippen LogP contribution is 2.28. The van der Waals surface area contributed by atoms with Crippen LogP contribution < -0.4 is 26.8 Å². The molecule has 12 nitrogen and oxygen atoms in total. The Balaban J connectivity index is 1.20. The smallest absolute Gasteiger partial charge is 0.253 e. The molecule has 16 heteroatoms. The molecule has 5 rings (SSSR count). The molecule has 1 amide bonds. The number of nitrogens with zero attached hydrogens (tertiary/aromatic N) is 3. The van der Waals surface area contributed by atoms with E-state index < -0.39 is 39.5 Å². The fourth-order valence-corrected chi connectivity index (χ4v) is 6.07. The third-order valence-electron chi connectivity index (χ3n) is 7.30. The standard InChI is InChI=1S/C27H27ClF2N8O4S/c28-23-25(32)36-24(31)22(35-23)20(39)12-21-33-14-27(37-21)6-8-38(9-7-27)26(40)15-2-1-3-18(10-15)43(41,42)34-13-16-4-5-17(29)11-19(16)30/h1-5,10-12,33-34,37H,6-9,13-14H2,(H4,31,32,36)/b21-12+. The van der Waals surface area contributed by atoms with E-state index in [2.05, 4.69) is 25.3 Å². The average Bonchev–Trinajstić information content (AvgIpc) is 3.35. The number of anilines is 2. The molecule has 0 bridgehead atoms. The number of rotatable bonds is 7. The van der Waals surface area contributed by atoms with E-state index in [1.54, 1.807) is 4.90 Å². The fourth-order valence-electron chi connectivity index (χ4n) is 4.89. The molecule has 226 valence electrons. The second kappa shape index (κ2) is 11.7. The van der Waals surface area contributed by atoms with Gasteiger partial charge in [0.1, 0.15) is 17.5 Å². The molecule has 7 N–H and O–H groups in total. The van der Waals surface area contributed by atoms with Crippen LogP contribution in [0.1, 0.15) is 39.3 Å². The zero-order valence-electron chi connectivity index (χ0n) is 22.5. The van der Waals surface area contributed by atoms with Crippen molar-refractivity contribution in [1.29, 1.82) is 0 Å². The predicted molar refractivity (Wildman–Crippen MR) is 154 cm³/mol. The molecular weight excluding hydrogens is 606 g/mol. The van der Waals surface area contributed by atoms with Gasteiger partial charge in [-0.25, -0.2) is 31.9 Å². The summed E-state index contributed by atoms with van der Waals surface area (Å²) in [7, 11) is -4.10. The highest BCUT2D eigenvalue weighted by Gasteiger charge is 2.40. The van der Waals surface area contributed by atoms with Crippen LogP contribution in [0.25, 0.3) is 0 Å². The normalized spacial score (nSPS) is 17.1. The Morgan fingerprint density at radius 2 is 1.84 bits per heavy atom. The number of nitrogen functional groups attached to an aromatic ring is 2. The zero-order chi connectivity index (χ0) is 30.9. The van der Waals surface area contributed by atoms with Gasteiger partial charge in [0, 0.05) is 49.4 Å². The molecule has 3 aromatic rings. The van der Waals surface area contributed by atoms with Crippen LogP contribution in [0.3, 0.4) is 0 Å². The van der Waals surface area contributed by atoms with E-state index in [0.29, 0.717) is 44.4 Å². The van der Waals surface area contributed by atoms with Crippen molar-refractivity contribution in [2.75, 3.05) is 31.1 Å². The number of allylic oxidation sites excluding steroid dienone is 1. The quantitative estimate of drug-likeness (QED) is 0.190. The van der Waals surface area contributed by atoms with Gasteiger partial charge < -0.3 is 27.0 Å². The fraction of sp³-hybridized carbons (Fsp3) is 0.259. The first-order chi connectivity index (χ1) is 20.4. The van der Waals surface area contributed by atoms with Gasteiger partial charge in [-0.15, -0.1) is 0 Å². The number of hydrogen-bond donors (Lipinski definition) is 5. The van der Waals surface area contributed by atoms with Crippen LogP contribution in [0.15, 0.2) is 59.3 Å². The highest BCUT2D eigenvalue weighted by molar-refractivity contribution is 7.89. The maximum atomic E-state index is 13.9. The van der Waals surface area contributed by atoms with Gasteiger partial charge in [-0.05, 0) is 37.1 Å². The van der Waals surface area contributed by atoms with Gasteiger partial charge in [-0.2, -0.15) is 0 Å². The molecule has 3 heterocycles. The van der Waals surface area contributed by atoms with Crippen LogP contribution in [0.4, 0.5) is 20.4 Å². The molecule has 1 spiro atoms. The molecule has 2 saturated heterocycles. The van der Waals surface area contributed by atoms with Gasteiger partial charge in [0.05, 0.1) is 10.4 Å². The topological polar surface area (TPSA) is 185 Å². The lowest BCUT2D eigenvalue weighted by atomic mass is 9.88. The van der Waals surface area contributed by atoms with Crippen LogP contribution in [-0.4, -0.2) is 60.1 Å². The summed E-state index contributed by atoms with van der Waals surface area (Å²) >= 11 is 5.88. The third-order valence-corrected chi connectivity index (χ3v) is 8.97. The van der Waals surface area contributed by atoms with Gasteiger partial charge in [0.25, 0.3) is 5.91 Å². The van der Waals surface area contributed by atoms with E-state index in [1.165, 1.54) is 30.3 Å². The van der Waals surface area contributed by atoms with Crippen LogP contribution in [0.2, 0.25) is 5.15 Å². The van der Waals surface area contributed by atoms with E-state index in [0.717, 1.165) is 12.1 Å². The molecule has 1 aromatic heterocycles. The van der Waals surface area contributed by atoms with E-state index in [4.69, 9.17) is 23.1 Å². The molecule has 0 atom stereocenters. The number of sulfonamides is 1. The van der Waals surface area contributed by atoms with Crippen LogP contribution in [-0.2, 0) is 16.6 Å². The van der Waals surface area contributed by atoms with Crippen molar-refractivity contribution in [1.82, 2.24) is 30.2 Å². The number of amides is 1. The molecule has 43 heavy (non-hydrogen) atoms. The minimum absolute atomic E-state index is 0.0238. The van der Waals surface area contributed by atoms with Crippen LogP contribution in [0.5, 0.6) is 0 Å². The monoisotopic (exact) mass is 632 g/mol. The number of nitrogens with two attached hydrogens (primary N) is 2. The first-order valence-electron chi connectivity index (χ1n) is 13.1. The largest absolute Gasteiger partial charge is 0.382 e. The summed E-state index contributed by atoms with van der Waals surface area (Å²) in [5.74, 6) is -2.26. The first kappa shape index (κ1) is 30.1. The van der Waals surface area contributed by atoms with Gasteiger partial charge in [-0.1, -0.05) is 23.7 Å². The Bertz CT molecular complexity index is 1750. The summed E-state index contributed by atoms with van der Waals surface area (Å²) in [4.78, 5) is 35.2. The number of likely N-dealkylation sites (tertiary alicyclic amines) is 1. The van der Waals surface area contributed by atoms with Gasteiger partial charge in [-0.3, -0.25) is 9.59 Å². The molecule has 0 aliphatic carbocycles. The number of carbonyl (C=O) groups excluding carboxylic acids is 2. The maximum Gasteiger partial charge on any atom is 0.253 e. The number of halogens is 3. The van der Waals surface area contributed by atoms with Crippen molar-refractivity contribution in [3.63, 3.8) is 0 Å². The Kier molecular flexibility index (Phi) is 8.23. The maximum absolute atomic E-state index is 13.9. The number of piperidine rings is 1. The van der Waals surface area contributed by atoms with Gasteiger partial charge in [0.2, 0.25) is 15.8 Å². The summed E-state index contributed by atoms with van der Waals surface area (Å²) in [5, 5.41) is 6.35. The summed E-state index contributed by atoms with van der Waals surface area (Å²) in [5.41, 5.74) is 11.0. The highest BCUT2D eigenvalue weighted by atomic mass is 35.5. The van der Waals surface area contributed by atoms with E-state index in [-0.39, 0.29) is 44.4 Å². The van der Waals surface area contributed by atoms with Gasteiger partial charge >= 0.3 is 0 Å². The third kappa shape index (κ3) is 6.53. The number of benzene rings is 2. The van der Waals surface area contributed by atoms with Gasteiger partial charge in [0.15, 0.2) is 22.5 Å². The van der Waals surface area contributed by atoms with Crippen molar-refractivity contribution in [2.24, 2.45) is 0 Å². The Labute approximate surface area is 250 Å². The Hall–Kier alpha value is -4.34. The minimum Gasteiger partial charge on any atom is -0.382 e. The lowest BCUT2D eigenvalue weighted by Gasteiger charge is -2.39. The molecule has 2 fully saturated rings. The van der Waals surface area contributed by atoms with Crippen molar-refractivity contribution in [3.05, 3.63) is 88.0 Å². The number of hydrogen-bond acceptors (Lipinski definition) is 10. The molecule has 2 aliphatic rings. The summed E-state index contributed by atoms with van der Waals surface area (Å²) < 4.78 is 55.1. The number of nitrogens with one attached hydrogen (secondary N) is 3. The summed E-state index contributed by atoms with van der Waals surface area (Å²) in [6.45, 7) is 0.865. The summed E-state index contributed by atoms with van der Waals surface area (Å²) in [6.07, 6.45) is 2.41. The number of carbonyl (C=O) groups is 2.